The summed E-state index contributed by atoms with van der Waals surface area (Å²) in [5.74, 6) is -0.242. The lowest BCUT2D eigenvalue weighted by Crippen LogP contribution is -1.95. The Labute approximate surface area is 90.5 Å². The smallest absolute Gasteiger partial charge is 0.335 e. The molecule has 1 fully saturated rings. The molecule has 0 aliphatic heterocycles. The first-order valence-electron chi connectivity index (χ1n) is 4.88. The summed E-state index contributed by atoms with van der Waals surface area (Å²) in [5.41, 5.74) is 1.27. The summed E-state index contributed by atoms with van der Waals surface area (Å²) >= 11 is 1.51. The van der Waals surface area contributed by atoms with Crippen molar-refractivity contribution in [3.05, 3.63) is 28.6 Å². The maximum Gasteiger partial charge on any atom is 0.335 e. The lowest BCUT2D eigenvalue weighted by Gasteiger charge is -1.96. The van der Waals surface area contributed by atoms with E-state index < -0.39 is 5.97 Å². The zero-order valence-electron chi connectivity index (χ0n) is 7.93. The molecule has 1 saturated carbocycles. The maximum absolute atomic E-state index is 10.8. The molecule has 76 valence electrons. The first-order valence-corrected chi connectivity index (χ1v) is 5.65. The highest BCUT2D eigenvalue weighted by molar-refractivity contribution is 7.07. The van der Waals surface area contributed by atoms with Crippen LogP contribution >= 0.6 is 11.5 Å². The van der Waals surface area contributed by atoms with Gasteiger partial charge in [-0.05, 0) is 48.5 Å². The van der Waals surface area contributed by atoms with Gasteiger partial charge in [-0.1, -0.05) is 0 Å². The lowest BCUT2D eigenvalue weighted by atomic mass is 10.1. The average Bonchev–Trinajstić information content (AvgIpc) is 2.98. The first kappa shape index (κ1) is 8.85. The van der Waals surface area contributed by atoms with Crippen molar-refractivity contribution in [2.24, 2.45) is 0 Å². The molecule has 0 atom stereocenters. The first-order chi connectivity index (χ1) is 7.25. The standard InChI is InChI=1S/C11H9NO2S/c13-11(14)7-3-4-9-8(5-7)10(15-12-9)6-1-2-6/h3-6H,1-2H2,(H,13,14). The van der Waals surface area contributed by atoms with E-state index >= 15 is 0 Å². The molecular formula is C11H9NO2S. The third-order valence-electron chi connectivity index (χ3n) is 2.70. The van der Waals surface area contributed by atoms with Gasteiger partial charge >= 0.3 is 5.97 Å². The molecule has 2 aromatic rings. The minimum atomic E-state index is -0.871. The van der Waals surface area contributed by atoms with Gasteiger partial charge < -0.3 is 5.11 Å². The number of fused-ring (bicyclic) bond motifs is 1. The molecule has 1 aromatic heterocycles. The molecule has 3 nitrogen and oxygen atoms in total. The van der Waals surface area contributed by atoms with Crippen LogP contribution in [0.1, 0.15) is 34.0 Å². The Morgan fingerprint density at radius 1 is 1.47 bits per heavy atom. The third kappa shape index (κ3) is 1.41. The predicted octanol–water partition coefficient (Wildman–Crippen LogP) is 2.87. The SMILES string of the molecule is O=C(O)c1ccc2nsc(C3CC3)c2c1. The molecule has 1 aliphatic rings. The summed E-state index contributed by atoms with van der Waals surface area (Å²) < 4.78 is 4.33. The number of aromatic nitrogens is 1. The Bertz CT molecular complexity index is 543. The molecule has 3 rings (SSSR count). The molecule has 1 heterocycles. The molecule has 15 heavy (non-hydrogen) atoms. The topological polar surface area (TPSA) is 50.2 Å². The van der Waals surface area contributed by atoms with Crippen LogP contribution in [0.4, 0.5) is 0 Å². The van der Waals surface area contributed by atoms with Crippen LogP contribution in [-0.2, 0) is 0 Å². The number of hydrogen-bond donors (Lipinski definition) is 1. The monoisotopic (exact) mass is 219 g/mol. The van der Waals surface area contributed by atoms with Gasteiger partial charge in [0.25, 0.3) is 0 Å². The van der Waals surface area contributed by atoms with Crippen LogP contribution in [0, 0.1) is 0 Å². The van der Waals surface area contributed by atoms with Gasteiger partial charge in [-0.3, -0.25) is 0 Å². The number of carboxylic acid groups (broad SMARTS) is 1. The molecule has 0 amide bonds. The largest absolute Gasteiger partial charge is 0.478 e. The summed E-state index contributed by atoms with van der Waals surface area (Å²) in [5, 5.41) is 9.94. The highest BCUT2D eigenvalue weighted by atomic mass is 32.1. The van der Waals surface area contributed by atoms with E-state index in [1.54, 1.807) is 18.2 Å². The fourth-order valence-corrected chi connectivity index (χ4v) is 2.74. The summed E-state index contributed by atoms with van der Waals surface area (Å²) in [7, 11) is 0. The lowest BCUT2D eigenvalue weighted by molar-refractivity contribution is 0.0697. The number of carbonyl (C=O) groups is 1. The predicted molar refractivity (Wildman–Crippen MR) is 58.6 cm³/mol. The maximum atomic E-state index is 10.8. The molecule has 1 aromatic carbocycles. The van der Waals surface area contributed by atoms with Gasteiger partial charge in [-0.25, -0.2) is 4.79 Å². The molecule has 1 aliphatic carbocycles. The van der Waals surface area contributed by atoms with Crippen molar-refractivity contribution in [1.82, 2.24) is 4.37 Å². The van der Waals surface area contributed by atoms with Crippen molar-refractivity contribution < 1.29 is 9.90 Å². The van der Waals surface area contributed by atoms with E-state index in [0.717, 1.165) is 10.9 Å². The van der Waals surface area contributed by atoms with Crippen molar-refractivity contribution in [2.75, 3.05) is 0 Å². The minimum absolute atomic E-state index is 0.351. The van der Waals surface area contributed by atoms with Gasteiger partial charge in [-0.15, -0.1) is 0 Å². The molecular weight excluding hydrogens is 210 g/mol. The quantitative estimate of drug-likeness (QED) is 0.844. The van der Waals surface area contributed by atoms with Crippen LogP contribution in [0.25, 0.3) is 10.9 Å². The minimum Gasteiger partial charge on any atom is -0.478 e. The number of benzene rings is 1. The van der Waals surface area contributed by atoms with Crippen molar-refractivity contribution in [2.45, 2.75) is 18.8 Å². The molecule has 0 spiro atoms. The number of nitrogens with zero attached hydrogens (tertiary/aromatic N) is 1. The van der Waals surface area contributed by atoms with E-state index in [4.69, 9.17) is 5.11 Å². The van der Waals surface area contributed by atoms with Gasteiger partial charge in [-0.2, -0.15) is 4.37 Å². The van der Waals surface area contributed by atoms with Crippen molar-refractivity contribution in [1.29, 1.82) is 0 Å². The van der Waals surface area contributed by atoms with E-state index in [0.29, 0.717) is 11.5 Å². The van der Waals surface area contributed by atoms with Crippen LogP contribution in [0.2, 0.25) is 0 Å². The Hall–Kier alpha value is -1.42. The highest BCUT2D eigenvalue weighted by Crippen LogP contribution is 2.45. The summed E-state index contributed by atoms with van der Waals surface area (Å²) in [4.78, 5) is 12.1. The molecule has 1 N–H and O–H groups in total. The Balaban J connectivity index is 2.21. The summed E-state index contributed by atoms with van der Waals surface area (Å²) in [6.07, 6.45) is 2.43. The Morgan fingerprint density at radius 2 is 2.27 bits per heavy atom. The van der Waals surface area contributed by atoms with E-state index in [9.17, 15) is 4.79 Å². The summed E-state index contributed by atoms with van der Waals surface area (Å²) in [6, 6.07) is 5.15. The van der Waals surface area contributed by atoms with Crippen molar-refractivity contribution >= 4 is 28.4 Å². The molecule has 0 unspecified atom stereocenters. The van der Waals surface area contributed by atoms with Gasteiger partial charge in [0, 0.05) is 10.3 Å². The van der Waals surface area contributed by atoms with Gasteiger partial charge in [0.1, 0.15) is 0 Å². The molecule has 0 bridgehead atoms. The third-order valence-corrected chi connectivity index (χ3v) is 3.74. The molecule has 0 saturated heterocycles. The fraction of sp³-hybridized carbons (Fsp3) is 0.273. The average molecular weight is 219 g/mol. The second-order valence-corrected chi connectivity index (χ2v) is 4.66. The normalized spacial score (nSPS) is 15.7. The number of hydrogen-bond acceptors (Lipinski definition) is 3. The number of aromatic carboxylic acids is 1. The highest BCUT2D eigenvalue weighted by Gasteiger charge is 2.27. The van der Waals surface area contributed by atoms with E-state index in [1.807, 2.05) is 0 Å². The van der Waals surface area contributed by atoms with Gasteiger partial charge in [0.2, 0.25) is 0 Å². The van der Waals surface area contributed by atoms with Gasteiger partial charge in [0.05, 0.1) is 11.1 Å². The second-order valence-electron chi connectivity index (χ2n) is 3.86. The number of rotatable bonds is 2. The van der Waals surface area contributed by atoms with Crippen molar-refractivity contribution in [3.8, 4) is 0 Å². The number of carboxylic acids is 1. The van der Waals surface area contributed by atoms with E-state index in [2.05, 4.69) is 4.37 Å². The zero-order valence-corrected chi connectivity index (χ0v) is 8.75. The van der Waals surface area contributed by atoms with Gasteiger partial charge in [0.15, 0.2) is 0 Å². The summed E-state index contributed by atoms with van der Waals surface area (Å²) in [6.45, 7) is 0. The van der Waals surface area contributed by atoms with Crippen LogP contribution < -0.4 is 0 Å². The van der Waals surface area contributed by atoms with E-state index in [1.165, 1.54) is 29.3 Å². The van der Waals surface area contributed by atoms with Crippen LogP contribution in [0.15, 0.2) is 18.2 Å². The van der Waals surface area contributed by atoms with Crippen LogP contribution in [-0.4, -0.2) is 15.4 Å². The fourth-order valence-electron chi connectivity index (χ4n) is 1.73. The second kappa shape index (κ2) is 3.03. The molecule has 0 radical (unpaired) electrons. The zero-order chi connectivity index (χ0) is 10.4. The Morgan fingerprint density at radius 3 is 2.93 bits per heavy atom. The van der Waals surface area contributed by atoms with Crippen molar-refractivity contribution in [3.63, 3.8) is 0 Å². The van der Waals surface area contributed by atoms with Crippen LogP contribution in [0.5, 0.6) is 0 Å². The Kier molecular flexibility index (Phi) is 1.79. The van der Waals surface area contributed by atoms with E-state index in [-0.39, 0.29) is 0 Å². The van der Waals surface area contributed by atoms with Crippen LogP contribution in [0.3, 0.4) is 0 Å². The molecule has 4 heteroatoms.